The lowest BCUT2D eigenvalue weighted by Gasteiger charge is -2.34. The molecule has 1 fully saturated rings. The average molecular weight is 288 g/mol. The van der Waals surface area contributed by atoms with Crippen LogP contribution in [0.2, 0.25) is 0 Å². The van der Waals surface area contributed by atoms with Crippen LogP contribution in [0.1, 0.15) is 40.4 Å². The minimum atomic E-state index is -0.186. The fourth-order valence-electron chi connectivity index (χ4n) is 3.28. The number of nitrogens with zero attached hydrogens (tertiary/aromatic N) is 1. The van der Waals surface area contributed by atoms with Crippen molar-refractivity contribution in [3.05, 3.63) is 34.4 Å². The van der Waals surface area contributed by atoms with Crippen molar-refractivity contribution < 1.29 is 9.59 Å². The van der Waals surface area contributed by atoms with Gasteiger partial charge in [-0.15, -0.1) is 0 Å². The first kappa shape index (κ1) is 15.7. The monoisotopic (exact) mass is 288 g/mol. The van der Waals surface area contributed by atoms with Crippen molar-refractivity contribution >= 4 is 11.7 Å². The molecule has 4 heteroatoms. The molecule has 0 radical (unpaired) electrons. The first-order chi connectivity index (χ1) is 9.93. The lowest BCUT2D eigenvalue weighted by molar-refractivity contribution is -0.128. The number of hydrogen-bond donors (Lipinski definition) is 1. The van der Waals surface area contributed by atoms with Gasteiger partial charge in [-0.05, 0) is 38.3 Å². The van der Waals surface area contributed by atoms with Gasteiger partial charge in [-0.2, -0.15) is 0 Å². The number of rotatable bonds is 4. The molecule has 1 atom stereocenters. The summed E-state index contributed by atoms with van der Waals surface area (Å²) >= 11 is 0. The van der Waals surface area contributed by atoms with Gasteiger partial charge < -0.3 is 5.32 Å². The van der Waals surface area contributed by atoms with Crippen LogP contribution in [0.4, 0.5) is 0 Å². The quantitative estimate of drug-likeness (QED) is 0.862. The summed E-state index contributed by atoms with van der Waals surface area (Å²) in [4.78, 5) is 26.5. The van der Waals surface area contributed by atoms with E-state index in [-0.39, 0.29) is 17.7 Å². The molecule has 114 valence electrons. The van der Waals surface area contributed by atoms with Crippen LogP contribution in [0.25, 0.3) is 0 Å². The van der Waals surface area contributed by atoms with Crippen molar-refractivity contribution in [2.24, 2.45) is 0 Å². The van der Waals surface area contributed by atoms with E-state index in [9.17, 15) is 9.59 Å². The maximum atomic E-state index is 12.7. The third-order valence-corrected chi connectivity index (χ3v) is 4.13. The zero-order valence-corrected chi connectivity index (χ0v) is 13.3. The number of benzene rings is 1. The Morgan fingerprint density at radius 2 is 1.90 bits per heavy atom. The number of ketones is 1. The molecule has 0 bridgehead atoms. The summed E-state index contributed by atoms with van der Waals surface area (Å²) in [5.41, 5.74) is 4.02. The normalized spacial score (nSPS) is 19.4. The largest absolute Gasteiger partial charge is 0.353 e. The van der Waals surface area contributed by atoms with E-state index in [1.54, 1.807) is 0 Å². The second kappa shape index (κ2) is 6.39. The van der Waals surface area contributed by atoms with Crippen LogP contribution < -0.4 is 5.32 Å². The second-order valence-electron chi connectivity index (χ2n) is 5.88. The zero-order valence-electron chi connectivity index (χ0n) is 13.3. The number of amides is 1. The third-order valence-electron chi connectivity index (χ3n) is 4.13. The topological polar surface area (TPSA) is 49.4 Å². The summed E-state index contributed by atoms with van der Waals surface area (Å²) in [5, 5.41) is 2.86. The number of piperazine rings is 1. The molecule has 1 amide bonds. The van der Waals surface area contributed by atoms with Gasteiger partial charge in [-0.25, -0.2) is 0 Å². The molecule has 1 unspecified atom stereocenters. The lowest BCUT2D eigenvalue weighted by Crippen LogP contribution is -2.56. The van der Waals surface area contributed by atoms with Gasteiger partial charge in [0.1, 0.15) is 0 Å². The fraction of sp³-hybridized carbons (Fsp3) is 0.529. The number of Topliss-reactive ketones (excluding diaryl/α,β-unsaturated/α-hetero) is 1. The van der Waals surface area contributed by atoms with E-state index >= 15 is 0 Å². The molecule has 0 aromatic heterocycles. The van der Waals surface area contributed by atoms with Crippen LogP contribution in [-0.2, 0) is 4.79 Å². The first-order valence-electron chi connectivity index (χ1n) is 7.56. The van der Waals surface area contributed by atoms with Crippen LogP contribution in [0, 0.1) is 20.8 Å². The molecule has 21 heavy (non-hydrogen) atoms. The number of nitrogens with one attached hydrogen (secondary N) is 1. The standard InChI is InChI=1S/C17H24N2O2/c1-5-14-17(21)18-6-7-19(14)10-15(20)16-12(3)8-11(2)9-13(16)4/h8-9,14H,5-7,10H2,1-4H3,(H,18,21). The zero-order chi connectivity index (χ0) is 15.6. The summed E-state index contributed by atoms with van der Waals surface area (Å²) in [5.74, 6) is 0.145. The van der Waals surface area contributed by atoms with Crippen LogP contribution in [0.5, 0.6) is 0 Å². The third kappa shape index (κ3) is 3.32. The number of carbonyl (C=O) groups is 2. The Morgan fingerprint density at radius 3 is 2.48 bits per heavy atom. The molecule has 1 aromatic rings. The van der Waals surface area contributed by atoms with Gasteiger partial charge in [0, 0.05) is 18.7 Å². The van der Waals surface area contributed by atoms with Gasteiger partial charge in [0.25, 0.3) is 0 Å². The molecular weight excluding hydrogens is 264 g/mol. The van der Waals surface area contributed by atoms with Gasteiger partial charge in [0.2, 0.25) is 5.91 Å². The van der Waals surface area contributed by atoms with E-state index < -0.39 is 0 Å². The maximum absolute atomic E-state index is 12.7. The SMILES string of the molecule is CCC1C(=O)NCCN1CC(=O)c1c(C)cc(C)cc1C. The van der Waals surface area contributed by atoms with Gasteiger partial charge in [-0.3, -0.25) is 14.5 Å². The lowest BCUT2D eigenvalue weighted by atomic mass is 9.96. The summed E-state index contributed by atoms with van der Waals surface area (Å²) < 4.78 is 0. The van der Waals surface area contributed by atoms with Gasteiger partial charge >= 0.3 is 0 Å². The van der Waals surface area contributed by atoms with Crippen LogP contribution in [0.3, 0.4) is 0 Å². The van der Waals surface area contributed by atoms with Crippen molar-refractivity contribution in [3.8, 4) is 0 Å². The molecule has 1 aliphatic heterocycles. The van der Waals surface area contributed by atoms with Crippen molar-refractivity contribution in [1.29, 1.82) is 0 Å². The first-order valence-corrected chi connectivity index (χ1v) is 7.56. The van der Waals surface area contributed by atoms with E-state index in [4.69, 9.17) is 0 Å². The smallest absolute Gasteiger partial charge is 0.237 e. The van der Waals surface area contributed by atoms with Crippen molar-refractivity contribution in [2.45, 2.75) is 40.2 Å². The molecule has 0 aliphatic carbocycles. The molecule has 4 nitrogen and oxygen atoms in total. The highest BCUT2D eigenvalue weighted by Gasteiger charge is 2.30. The number of hydrogen-bond acceptors (Lipinski definition) is 3. The molecule has 0 saturated carbocycles. The Kier molecular flexibility index (Phi) is 4.78. The summed E-state index contributed by atoms with van der Waals surface area (Å²) in [6.07, 6.45) is 0.727. The average Bonchev–Trinajstić information content (AvgIpc) is 2.37. The van der Waals surface area contributed by atoms with E-state index in [0.29, 0.717) is 13.1 Å². The van der Waals surface area contributed by atoms with E-state index in [1.807, 2.05) is 44.7 Å². The Balaban J connectivity index is 2.20. The van der Waals surface area contributed by atoms with E-state index in [1.165, 1.54) is 5.56 Å². The Labute approximate surface area is 126 Å². The predicted molar refractivity (Wildman–Crippen MR) is 83.6 cm³/mol. The minimum Gasteiger partial charge on any atom is -0.353 e. The molecule has 1 N–H and O–H groups in total. The summed E-state index contributed by atoms with van der Waals surface area (Å²) in [6.45, 7) is 9.65. The van der Waals surface area contributed by atoms with Crippen LogP contribution in [-0.4, -0.2) is 42.3 Å². The van der Waals surface area contributed by atoms with Crippen molar-refractivity contribution in [3.63, 3.8) is 0 Å². The van der Waals surface area contributed by atoms with Gasteiger partial charge in [0.05, 0.1) is 12.6 Å². The number of aryl methyl sites for hydroxylation is 3. The predicted octanol–water partition coefficient (Wildman–Crippen LogP) is 2.00. The molecule has 1 aliphatic rings. The summed E-state index contributed by atoms with van der Waals surface area (Å²) in [6, 6.07) is 3.90. The van der Waals surface area contributed by atoms with E-state index in [0.717, 1.165) is 29.7 Å². The molecule has 1 saturated heterocycles. The molecule has 1 aromatic carbocycles. The van der Waals surface area contributed by atoms with Crippen LogP contribution >= 0.6 is 0 Å². The van der Waals surface area contributed by atoms with E-state index in [2.05, 4.69) is 5.32 Å². The highest BCUT2D eigenvalue weighted by molar-refractivity contribution is 6.00. The van der Waals surface area contributed by atoms with Crippen molar-refractivity contribution in [1.82, 2.24) is 10.2 Å². The number of carbonyl (C=O) groups excluding carboxylic acids is 2. The summed E-state index contributed by atoms with van der Waals surface area (Å²) in [7, 11) is 0. The molecule has 2 rings (SSSR count). The van der Waals surface area contributed by atoms with Crippen molar-refractivity contribution in [2.75, 3.05) is 19.6 Å². The maximum Gasteiger partial charge on any atom is 0.237 e. The van der Waals surface area contributed by atoms with Gasteiger partial charge in [-0.1, -0.05) is 24.6 Å². The fourth-order valence-corrected chi connectivity index (χ4v) is 3.28. The van der Waals surface area contributed by atoms with Gasteiger partial charge in [0.15, 0.2) is 5.78 Å². The Hall–Kier alpha value is -1.68. The molecule has 0 spiro atoms. The highest BCUT2D eigenvalue weighted by atomic mass is 16.2. The second-order valence-corrected chi connectivity index (χ2v) is 5.88. The van der Waals surface area contributed by atoms with Crippen LogP contribution in [0.15, 0.2) is 12.1 Å². The Bertz CT molecular complexity index is 543. The minimum absolute atomic E-state index is 0.0360. The molecule has 1 heterocycles. The Morgan fingerprint density at radius 1 is 1.29 bits per heavy atom. The molecular formula is C17H24N2O2. The highest BCUT2D eigenvalue weighted by Crippen LogP contribution is 2.18.